The van der Waals surface area contributed by atoms with Gasteiger partial charge in [0.1, 0.15) is 12.4 Å². The van der Waals surface area contributed by atoms with E-state index >= 15 is 0 Å². The number of aliphatic hydroxyl groups is 1. The molecule has 3 rings (SSSR count). The zero-order valence-electron chi connectivity index (χ0n) is 12.4. The van der Waals surface area contributed by atoms with Crippen LogP contribution in [0, 0.1) is 0 Å². The highest BCUT2D eigenvalue weighted by Crippen LogP contribution is 2.33. The Balaban J connectivity index is 1.59. The predicted octanol–water partition coefficient (Wildman–Crippen LogP) is 1.96. The predicted molar refractivity (Wildman–Crippen MR) is 85.6 cm³/mol. The molecule has 0 radical (unpaired) electrons. The maximum absolute atomic E-state index is 12.3. The van der Waals surface area contributed by atoms with Crippen molar-refractivity contribution in [2.24, 2.45) is 0 Å². The molecule has 0 spiro atoms. The molecule has 2 aliphatic rings. The van der Waals surface area contributed by atoms with Crippen molar-refractivity contribution in [3.8, 4) is 5.75 Å². The van der Waals surface area contributed by atoms with Crippen LogP contribution in [0.15, 0.2) is 18.2 Å². The van der Waals surface area contributed by atoms with Crippen molar-refractivity contribution in [2.75, 3.05) is 24.6 Å². The molecule has 1 aromatic rings. The molecule has 0 bridgehead atoms. The summed E-state index contributed by atoms with van der Waals surface area (Å²) >= 11 is 6.04. The lowest BCUT2D eigenvalue weighted by atomic mass is 9.93. The highest BCUT2D eigenvalue weighted by Gasteiger charge is 2.24. The van der Waals surface area contributed by atoms with E-state index in [4.69, 9.17) is 16.3 Å². The van der Waals surface area contributed by atoms with Gasteiger partial charge in [0.2, 0.25) is 5.91 Å². The third kappa shape index (κ3) is 3.65. The van der Waals surface area contributed by atoms with E-state index < -0.39 is 0 Å². The van der Waals surface area contributed by atoms with Gasteiger partial charge in [0.15, 0.2) is 0 Å². The van der Waals surface area contributed by atoms with E-state index in [0.717, 1.165) is 37.1 Å². The fraction of sp³-hybridized carbons (Fsp3) is 0.562. The van der Waals surface area contributed by atoms with Gasteiger partial charge in [-0.15, -0.1) is 0 Å². The number of carbonyl (C=O) groups excluding carboxylic acids is 1. The molecule has 1 fully saturated rings. The van der Waals surface area contributed by atoms with Gasteiger partial charge in [-0.2, -0.15) is 0 Å². The first-order valence-electron chi connectivity index (χ1n) is 7.76. The molecule has 1 heterocycles. The lowest BCUT2D eigenvalue weighted by molar-refractivity contribution is -0.120. The van der Waals surface area contributed by atoms with E-state index in [1.54, 1.807) is 6.07 Å². The van der Waals surface area contributed by atoms with Crippen molar-refractivity contribution in [1.82, 2.24) is 5.32 Å². The third-order valence-corrected chi connectivity index (χ3v) is 4.51. The first kappa shape index (κ1) is 15.4. The molecule has 0 saturated heterocycles. The molecule has 1 amide bonds. The van der Waals surface area contributed by atoms with Crippen LogP contribution in [0.1, 0.15) is 25.7 Å². The van der Waals surface area contributed by atoms with Crippen LogP contribution in [0.4, 0.5) is 5.69 Å². The highest BCUT2D eigenvalue weighted by atomic mass is 35.5. The molecule has 1 saturated carbocycles. The Kier molecular flexibility index (Phi) is 4.74. The Labute approximate surface area is 135 Å². The number of carbonyl (C=O) groups is 1. The van der Waals surface area contributed by atoms with E-state index in [2.05, 4.69) is 5.32 Å². The minimum absolute atomic E-state index is 0.00853. The van der Waals surface area contributed by atoms with Crippen LogP contribution in [0.2, 0.25) is 5.02 Å². The van der Waals surface area contributed by atoms with Crippen molar-refractivity contribution in [3.63, 3.8) is 0 Å². The Morgan fingerprint density at radius 2 is 2.14 bits per heavy atom. The molecule has 0 aromatic heterocycles. The first-order valence-corrected chi connectivity index (χ1v) is 8.14. The zero-order chi connectivity index (χ0) is 15.5. The summed E-state index contributed by atoms with van der Waals surface area (Å²) in [7, 11) is 0. The normalized spacial score (nSPS) is 24.4. The van der Waals surface area contributed by atoms with Gasteiger partial charge in [0, 0.05) is 11.1 Å². The number of aliphatic hydroxyl groups excluding tert-OH is 1. The topological polar surface area (TPSA) is 61.8 Å². The SMILES string of the molecule is O=C(CN1CCOc2ccc(Cl)cc21)NC1CCC(O)CC1. The molecule has 0 atom stereocenters. The number of hydrogen-bond acceptors (Lipinski definition) is 4. The van der Waals surface area contributed by atoms with Crippen LogP contribution in [0.3, 0.4) is 0 Å². The summed E-state index contributed by atoms with van der Waals surface area (Å²) in [6.45, 7) is 1.54. The quantitative estimate of drug-likeness (QED) is 0.892. The van der Waals surface area contributed by atoms with E-state index in [-0.39, 0.29) is 18.1 Å². The van der Waals surface area contributed by atoms with Crippen LogP contribution >= 0.6 is 11.6 Å². The lowest BCUT2D eigenvalue weighted by Gasteiger charge is -2.32. The van der Waals surface area contributed by atoms with Gasteiger partial charge in [-0.1, -0.05) is 11.6 Å². The summed E-state index contributed by atoms with van der Waals surface area (Å²) in [5.74, 6) is 0.776. The minimum atomic E-state index is -0.207. The molecule has 1 aromatic carbocycles. The molecule has 1 aliphatic heterocycles. The third-order valence-electron chi connectivity index (χ3n) is 4.28. The monoisotopic (exact) mass is 324 g/mol. The van der Waals surface area contributed by atoms with Crippen LogP contribution in [-0.2, 0) is 4.79 Å². The second-order valence-electron chi connectivity index (χ2n) is 5.96. The van der Waals surface area contributed by atoms with Crippen molar-refractivity contribution < 1.29 is 14.6 Å². The fourth-order valence-corrected chi connectivity index (χ4v) is 3.24. The van der Waals surface area contributed by atoms with Gasteiger partial charge >= 0.3 is 0 Å². The smallest absolute Gasteiger partial charge is 0.239 e. The Hall–Kier alpha value is -1.46. The largest absolute Gasteiger partial charge is 0.490 e. The van der Waals surface area contributed by atoms with E-state index in [1.165, 1.54) is 0 Å². The summed E-state index contributed by atoms with van der Waals surface area (Å²) in [4.78, 5) is 14.3. The summed E-state index contributed by atoms with van der Waals surface area (Å²) in [6.07, 6.45) is 3.01. The molecule has 1 aliphatic carbocycles. The maximum atomic E-state index is 12.3. The van der Waals surface area contributed by atoms with Gasteiger partial charge in [-0.3, -0.25) is 4.79 Å². The van der Waals surface area contributed by atoms with Crippen molar-refractivity contribution in [1.29, 1.82) is 0 Å². The number of anilines is 1. The summed E-state index contributed by atoms with van der Waals surface area (Å²) in [5.41, 5.74) is 0.868. The van der Waals surface area contributed by atoms with E-state index in [1.807, 2.05) is 17.0 Å². The van der Waals surface area contributed by atoms with Crippen LogP contribution < -0.4 is 15.0 Å². The van der Waals surface area contributed by atoms with Gasteiger partial charge in [0.05, 0.1) is 24.9 Å². The molecular weight excluding hydrogens is 304 g/mol. The zero-order valence-corrected chi connectivity index (χ0v) is 13.2. The summed E-state index contributed by atoms with van der Waals surface area (Å²) in [5, 5.41) is 13.2. The number of halogens is 1. The Morgan fingerprint density at radius 1 is 1.36 bits per heavy atom. The average Bonchev–Trinajstić information content (AvgIpc) is 2.50. The van der Waals surface area contributed by atoms with E-state index in [9.17, 15) is 9.90 Å². The van der Waals surface area contributed by atoms with E-state index in [0.29, 0.717) is 24.7 Å². The fourth-order valence-electron chi connectivity index (χ4n) is 3.08. The summed E-state index contributed by atoms with van der Waals surface area (Å²) < 4.78 is 5.59. The van der Waals surface area contributed by atoms with Gasteiger partial charge in [0.25, 0.3) is 0 Å². The first-order chi connectivity index (χ1) is 10.6. The number of amides is 1. The number of fused-ring (bicyclic) bond motifs is 1. The van der Waals surface area contributed by atoms with Gasteiger partial charge < -0.3 is 20.1 Å². The average molecular weight is 325 g/mol. The lowest BCUT2D eigenvalue weighted by Crippen LogP contribution is -2.45. The Morgan fingerprint density at radius 3 is 2.91 bits per heavy atom. The minimum Gasteiger partial charge on any atom is -0.490 e. The van der Waals surface area contributed by atoms with Crippen LogP contribution in [0.5, 0.6) is 5.75 Å². The molecule has 6 heteroatoms. The van der Waals surface area contributed by atoms with Crippen molar-refractivity contribution in [3.05, 3.63) is 23.2 Å². The maximum Gasteiger partial charge on any atom is 0.239 e. The number of hydrogen-bond donors (Lipinski definition) is 2. The van der Waals surface area contributed by atoms with Crippen LogP contribution in [0.25, 0.3) is 0 Å². The summed E-state index contributed by atoms with van der Waals surface area (Å²) in [6, 6.07) is 5.64. The second-order valence-corrected chi connectivity index (χ2v) is 6.39. The van der Waals surface area contributed by atoms with Crippen LogP contribution in [-0.4, -0.2) is 42.9 Å². The highest BCUT2D eigenvalue weighted by molar-refractivity contribution is 6.31. The molecular formula is C16H21ClN2O3. The number of ether oxygens (including phenoxy) is 1. The van der Waals surface area contributed by atoms with Gasteiger partial charge in [-0.05, 0) is 43.9 Å². The number of benzene rings is 1. The Bertz CT molecular complexity index is 544. The molecule has 2 N–H and O–H groups in total. The second kappa shape index (κ2) is 6.75. The number of nitrogens with zero attached hydrogens (tertiary/aromatic N) is 1. The molecule has 120 valence electrons. The molecule has 5 nitrogen and oxygen atoms in total. The molecule has 22 heavy (non-hydrogen) atoms. The molecule has 0 unspecified atom stereocenters. The van der Waals surface area contributed by atoms with Gasteiger partial charge in [-0.25, -0.2) is 0 Å². The number of rotatable bonds is 3. The van der Waals surface area contributed by atoms with Crippen molar-refractivity contribution in [2.45, 2.75) is 37.8 Å². The standard InChI is InChI=1S/C16H21ClN2O3/c17-11-1-6-15-14(9-11)19(7-8-22-15)10-16(21)18-12-2-4-13(20)5-3-12/h1,6,9,12-13,20H,2-5,7-8,10H2,(H,18,21). The number of nitrogens with one attached hydrogen (secondary N) is 1. The van der Waals surface area contributed by atoms with Crippen molar-refractivity contribution >= 4 is 23.2 Å².